The van der Waals surface area contributed by atoms with Gasteiger partial charge in [0.2, 0.25) is 0 Å². The Kier molecular flexibility index (Phi) is 4.16. The molecular formula is C8H12F2N2S. The van der Waals surface area contributed by atoms with Crippen LogP contribution in [0.1, 0.15) is 26.2 Å². The summed E-state index contributed by atoms with van der Waals surface area (Å²) in [6.45, 7) is 1.26. The highest BCUT2D eigenvalue weighted by Crippen LogP contribution is 2.60. The van der Waals surface area contributed by atoms with E-state index in [0.29, 0.717) is 6.42 Å². The fourth-order valence-electron chi connectivity index (χ4n) is 0.820. The second-order valence-electron chi connectivity index (χ2n) is 3.08. The smallest absolute Gasteiger partial charge is 0.136 e. The van der Waals surface area contributed by atoms with Gasteiger partial charge in [0.15, 0.2) is 0 Å². The van der Waals surface area contributed by atoms with Crippen LogP contribution in [0.5, 0.6) is 0 Å². The minimum Gasteiger partial charge on any atom is -0.198 e. The first-order valence-electron chi connectivity index (χ1n) is 3.83. The van der Waals surface area contributed by atoms with Crippen molar-refractivity contribution in [3.63, 3.8) is 0 Å². The van der Waals surface area contributed by atoms with Gasteiger partial charge in [0.1, 0.15) is 4.75 Å². The Morgan fingerprint density at radius 1 is 1.38 bits per heavy atom. The van der Waals surface area contributed by atoms with E-state index in [4.69, 9.17) is 10.5 Å². The summed E-state index contributed by atoms with van der Waals surface area (Å²) in [5.41, 5.74) is 0. The number of hydrogen-bond donors (Lipinski definition) is 0. The van der Waals surface area contributed by atoms with Gasteiger partial charge in [0.25, 0.3) is 0 Å². The van der Waals surface area contributed by atoms with Gasteiger partial charge in [-0.25, -0.2) is 0 Å². The number of halogens is 2. The molecule has 0 aromatic heterocycles. The molecule has 0 aliphatic heterocycles. The maximum Gasteiger partial charge on any atom is 0.136 e. The van der Waals surface area contributed by atoms with Crippen molar-refractivity contribution in [2.75, 3.05) is 6.26 Å². The lowest BCUT2D eigenvalue weighted by atomic mass is 10.1. The van der Waals surface area contributed by atoms with Gasteiger partial charge in [-0.2, -0.15) is 18.3 Å². The lowest BCUT2D eigenvalue weighted by molar-refractivity contribution is 0.598. The molecule has 0 aliphatic carbocycles. The summed E-state index contributed by atoms with van der Waals surface area (Å²) in [6, 6.07) is 3.53. The predicted octanol–water partition coefficient (Wildman–Crippen LogP) is 3.17. The first-order chi connectivity index (χ1) is 5.87. The van der Waals surface area contributed by atoms with Crippen molar-refractivity contribution in [3.05, 3.63) is 0 Å². The Morgan fingerprint density at radius 3 is 2.23 bits per heavy atom. The number of rotatable bonds is 4. The number of hydrogen-bond acceptors (Lipinski definition) is 2. The van der Waals surface area contributed by atoms with Crippen LogP contribution in [0.25, 0.3) is 0 Å². The summed E-state index contributed by atoms with van der Waals surface area (Å²) in [6.07, 6.45) is 1.50. The molecule has 0 rings (SSSR count). The third-order valence-corrected chi connectivity index (χ3v) is 3.85. The molecule has 0 aliphatic rings. The lowest BCUT2D eigenvalue weighted by Crippen LogP contribution is -2.24. The monoisotopic (exact) mass is 206 g/mol. The van der Waals surface area contributed by atoms with Crippen molar-refractivity contribution in [1.82, 2.24) is 0 Å². The van der Waals surface area contributed by atoms with Crippen LogP contribution in [0.2, 0.25) is 0 Å². The average molecular weight is 206 g/mol. The molecule has 0 fully saturated rings. The third-order valence-electron chi connectivity index (χ3n) is 1.97. The molecule has 74 valence electrons. The molecule has 2 nitrogen and oxygen atoms in total. The van der Waals surface area contributed by atoms with Crippen molar-refractivity contribution in [3.8, 4) is 12.1 Å². The molecule has 0 bridgehead atoms. The Balaban J connectivity index is 4.34. The first kappa shape index (κ1) is 12.2. The molecule has 1 atom stereocenters. The van der Waals surface area contributed by atoms with Crippen LogP contribution < -0.4 is 0 Å². The standard InChI is InChI=1S/C8H12F2N2S/c1-8(7-12,13(2,9)10)5-3-4-6-11/h3-5H2,1-2H3. The minimum absolute atomic E-state index is 0.0931. The van der Waals surface area contributed by atoms with Crippen LogP contribution in [-0.4, -0.2) is 11.0 Å². The summed E-state index contributed by atoms with van der Waals surface area (Å²) in [4.78, 5) is 0. The molecule has 0 spiro atoms. The van der Waals surface area contributed by atoms with Gasteiger partial charge < -0.3 is 0 Å². The Hall–Kier alpha value is -0.810. The van der Waals surface area contributed by atoms with Crippen LogP contribution in [0.3, 0.4) is 0 Å². The van der Waals surface area contributed by atoms with E-state index >= 15 is 0 Å². The first-order valence-corrected chi connectivity index (χ1v) is 5.67. The van der Waals surface area contributed by atoms with Crippen LogP contribution >= 0.6 is 10.8 Å². The molecule has 0 aromatic carbocycles. The summed E-state index contributed by atoms with van der Waals surface area (Å²) >= 11 is 0. The number of unbranched alkanes of at least 4 members (excludes halogenated alkanes) is 1. The van der Waals surface area contributed by atoms with E-state index < -0.39 is 15.5 Å². The molecule has 0 N–H and O–H groups in total. The topological polar surface area (TPSA) is 47.6 Å². The molecule has 0 saturated heterocycles. The fraction of sp³-hybridized carbons (Fsp3) is 0.750. The average Bonchev–Trinajstić information content (AvgIpc) is 2.02. The van der Waals surface area contributed by atoms with E-state index in [-0.39, 0.29) is 12.8 Å². The van der Waals surface area contributed by atoms with Crippen molar-refractivity contribution in [1.29, 1.82) is 10.5 Å². The van der Waals surface area contributed by atoms with Crippen LogP contribution in [0, 0.1) is 22.7 Å². The molecular weight excluding hydrogens is 194 g/mol. The maximum atomic E-state index is 13.0. The van der Waals surface area contributed by atoms with Crippen molar-refractivity contribution in [2.24, 2.45) is 0 Å². The number of nitriles is 2. The van der Waals surface area contributed by atoms with Crippen molar-refractivity contribution in [2.45, 2.75) is 30.9 Å². The molecule has 0 saturated carbocycles. The van der Waals surface area contributed by atoms with Crippen LogP contribution in [0.4, 0.5) is 7.77 Å². The highest BCUT2D eigenvalue weighted by Gasteiger charge is 2.41. The zero-order chi connectivity index (χ0) is 10.5. The second kappa shape index (κ2) is 4.43. The number of nitrogens with zero attached hydrogens (tertiary/aromatic N) is 2. The van der Waals surface area contributed by atoms with E-state index in [9.17, 15) is 7.77 Å². The summed E-state index contributed by atoms with van der Waals surface area (Å²) in [7, 11) is -3.87. The molecule has 0 radical (unpaired) electrons. The molecule has 0 heterocycles. The Bertz CT molecular complexity index is 248. The van der Waals surface area contributed by atoms with Crippen LogP contribution in [-0.2, 0) is 0 Å². The van der Waals surface area contributed by atoms with E-state index in [1.165, 1.54) is 6.92 Å². The van der Waals surface area contributed by atoms with Crippen molar-refractivity contribution < 1.29 is 7.77 Å². The molecule has 13 heavy (non-hydrogen) atoms. The van der Waals surface area contributed by atoms with Gasteiger partial charge in [-0.05, 0) is 19.8 Å². The summed E-state index contributed by atoms with van der Waals surface area (Å²) < 4.78 is 24.4. The van der Waals surface area contributed by atoms with E-state index in [2.05, 4.69) is 0 Å². The molecule has 1 unspecified atom stereocenters. The molecule has 0 aromatic rings. The highest BCUT2D eigenvalue weighted by atomic mass is 32.3. The van der Waals surface area contributed by atoms with Crippen molar-refractivity contribution >= 4 is 10.8 Å². The predicted molar refractivity (Wildman–Crippen MR) is 49.2 cm³/mol. The van der Waals surface area contributed by atoms with Gasteiger partial charge >= 0.3 is 0 Å². The summed E-state index contributed by atoms with van der Waals surface area (Å²) in [5.74, 6) is 0. The third kappa shape index (κ3) is 3.20. The SMILES string of the molecule is CC(C#N)(CCCC#N)S(C)(F)F. The van der Waals surface area contributed by atoms with Gasteiger partial charge in [-0.3, -0.25) is 0 Å². The second-order valence-corrected chi connectivity index (χ2v) is 5.43. The maximum absolute atomic E-state index is 13.0. The van der Waals surface area contributed by atoms with Gasteiger partial charge in [-0.15, -0.1) is 0 Å². The quantitative estimate of drug-likeness (QED) is 0.663. The molecule has 0 amide bonds. The normalized spacial score (nSPS) is 16.8. The molecule has 5 heteroatoms. The lowest BCUT2D eigenvalue weighted by Gasteiger charge is -2.31. The highest BCUT2D eigenvalue weighted by molar-refractivity contribution is 8.26. The van der Waals surface area contributed by atoms with E-state index in [1.54, 1.807) is 6.07 Å². The largest absolute Gasteiger partial charge is 0.198 e. The Morgan fingerprint density at radius 2 is 1.92 bits per heavy atom. The summed E-state index contributed by atoms with van der Waals surface area (Å²) in [5, 5.41) is 16.9. The zero-order valence-corrected chi connectivity index (χ0v) is 8.50. The zero-order valence-electron chi connectivity index (χ0n) is 7.68. The minimum atomic E-state index is -3.87. The van der Waals surface area contributed by atoms with Gasteiger partial charge in [-0.1, -0.05) is 0 Å². The van der Waals surface area contributed by atoms with Gasteiger partial charge in [0, 0.05) is 12.7 Å². The fourth-order valence-corrected chi connectivity index (χ4v) is 1.48. The van der Waals surface area contributed by atoms with E-state index in [0.717, 1.165) is 6.26 Å². The van der Waals surface area contributed by atoms with Gasteiger partial charge in [0.05, 0.1) is 22.9 Å². The van der Waals surface area contributed by atoms with Crippen LogP contribution in [0.15, 0.2) is 0 Å². The van der Waals surface area contributed by atoms with E-state index in [1.807, 2.05) is 6.07 Å². The Labute approximate surface area is 79.1 Å².